The summed E-state index contributed by atoms with van der Waals surface area (Å²) in [6.45, 7) is -0.242. The molecule has 0 aliphatic rings. The monoisotopic (exact) mass is 406 g/mol. The van der Waals surface area contributed by atoms with Crippen LogP contribution in [0, 0.1) is 5.82 Å². The van der Waals surface area contributed by atoms with Crippen molar-refractivity contribution in [3.05, 3.63) is 84.2 Å². The highest BCUT2D eigenvalue weighted by Gasteiger charge is 2.16. The first-order chi connectivity index (χ1) is 14.6. The van der Waals surface area contributed by atoms with Crippen LogP contribution in [0.15, 0.2) is 88.1 Å². The van der Waals surface area contributed by atoms with E-state index in [1.54, 1.807) is 36.4 Å². The lowest BCUT2D eigenvalue weighted by molar-refractivity contribution is -0.142. The van der Waals surface area contributed by atoms with Gasteiger partial charge in [-0.25, -0.2) is 14.2 Å². The van der Waals surface area contributed by atoms with Gasteiger partial charge in [-0.3, -0.25) is 0 Å². The van der Waals surface area contributed by atoms with Crippen LogP contribution < -0.4 is 10.6 Å². The van der Waals surface area contributed by atoms with Gasteiger partial charge < -0.3 is 15.3 Å². The molecule has 0 saturated carbocycles. The fraction of sp³-hybridized carbons (Fsp3) is 0.0909. The molecule has 3 aromatic rings. The number of hydrogen-bond donors (Lipinski definition) is 1. The molecule has 0 spiro atoms. The minimum atomic E-state index is -0.503. The molecule has 0 atom stereocenters. The Hall–Kier alpha value is -4.07. The van der Waals surface area contributed by atoms with Gasteiger partial charge in [-0.1, -0.05) is 59.8 Å². The average Bonchev–Trinajstić information content (AvgIpc) is 2.78. The molecule has 0 heterocycles. The maximum Gasteiger partial charge on any atom is 0.343 e. The van der Waals surface area contributed by atoms with Crippen molar-refractivity contribution in [1.82, 2.24) is 0 Å². The molecule has 2 N–H and O–H groups in total. The number of hydrogen-bond acceptors (Lipinski definition) is 5. The first kappa shape index (κ1) is 20.7. The summed E-state index contributed by atoms with van der Waals surface area (Å²) in [5.74, 6) is 4.87. The van der Waals surface area contributed by atoms with E-state index in [0.717, 1.165) is 0 Å². The van der Waals surface area contributed by atoms with Crippen molar-refractivity contribution >= 4 is 17.5 Å². The van der Waals surface area contributed by atoms with Crippen molar-refractivity contribution in [2.24, 2.45) is 21.2 Å². The van der Waals surface area contributed by atoms with E-state index in [0.29, 0.717) is 22.4 Å². The number of esters is 1. The van der Waals surface area contributed by atoms with E-state index in [2.05, 4.69) is 20.1 Å². The van der Waals surface area contributed by atoms with Crippen LogP contribution in [0.25, 0.3) is 11.1 Å². The summed E-state index contributed by atoms with van der Waals surface area (Å²) in [6, 6.07) is 20.5. The topological polar surface area (TPSA) is 98.6 Å². The van der Waals surface area contributed by atoms with Crippen molar-refractivity contribution in [3.63, 3.8) is 0 Å². The van der Waals surface area contributed by atoms with Gasteiger partial charge in [0.15, 0.2) is 12.4 Å². The van der Waals surface area contributed by atoms with Crippen molar-refractivity contribution in [1.29, 1.82) is 0 Å². The van der Waals surface area contributed by atoms with E-state index in [9.17, 15) is 9.18 Å². The molecule has 3 rings (SSSR count). The molecule has 3 aromatic carbocycles. The second-order valence-electron chi connectivity index (χ2n) is 6.01. The molecule has 0 radical (unpaired) electrons. The quantitative estimate of drug-likeness (QED) is 0.163. The zero-order valence-corrected chi connectivity index (χ0v) is 16.2. The number of benzene rings is 3. The number of nitrogens with two attached hydrogens (primary N) is 1. The highest BCUT2D eigenvalue weighted by Crippen LogP contribution is 2.33. The third-order valence-corrected chi connectivity index (χ3v) is 4.15. The lowest BCUT2D eigenvalue weighted by atomic mass is 9.98. The van der Waals surface area contributed by atoms with Crippen LogP contribution in [-0.2, 0) is 9.53 Å². The van der Waals surface area contributed by atoms with Crippen LogP contribution >= 0.6 is 0 Å². The van der Waals surface area contributed by atoms with E-state index in [1.807, 2.05) is 24.3 Å². The van der Waals surface area contributed by atoms with Gasteiger partial charge in [-0.2, -0.15) is 0 Å². The molecule has 8 heteroatoms. The van der Waals surface area contributed by atoms with Crippen LogP contribution in [-0.4, -0.2) is 25.5 Å². The third kappa shape index (κ3) is 4.85. The number of carbonyl (C=O) groups excluding carboxylic acids is 1. The average molecular weight is 406 g/mol. The molecule has 0 aliphatic heterocycles. The fourth-order valence-electron chi connectivity index (χ4n) is 2.77. The molecule has 0 bridgehead atoms. The van der Waals surface area contributed by atoms with E-state index in [-0.39, 0.29) is 18.1 Å². The van der Waals surface area contributed by atoms with E-state index >= 15 is 0 Å². The molecule has 0 aromatic heterocycles. The Bertz CT molecular complexity index is 1100. The molecule has 152 valence electrons. The summed E-state index contributed by atoms with van der Waals surface area (Å²) >= 11 is 0. The zero-order valence-electron chi connectivity index (χ0n) is 16.2. The number of ether oxygens (including phenoxy) is 2. The van der Waals surface area contributed by atoms with Gasteiger partial charge in [0.1, 0.15) is 17.3 Å². The van der Waals surface area contributed by atoms with Crippen LogP contribution in [0.3, 0.4) is 0 Å². The summed E-state index contributed by atoms with van der Waals surface area (Å²) in [5.41, 5.74) is 2.04. The largest absolute Gasteiger partial charge is 0.481 e. The maximum absolute atomic E-state index is 14.1. The summed E-state index contributed by atoms with van der Waals surface area (Å²) in [6.07, 6.45) is 0. The zero-order chi connectivity index (χ0) is 21.3. The first-order valence-electron chi connectivity index (χ1n) is 8.96. The molecule has 30 heavy (non-hydrogen) atoms. The van der Waals surface area contributed by atoms with Gasteiger partial charge in [-0.05, 0) is 23.8 Å². The number of methoxy groups -OCH3 is 1. The smallest absolute Gasteiger partial charge is 0.343 e. The third-order valence-electron chi connectivity index (χ3n) is 4.15. The van der Waals surface area contributed by atoms with Crippen molar-refractivity contribution in [3.8, 4) is 16.9 Å². The van der Waals surface area contributed by atoms with Gasteiger partial charge >= 0.3 is 5.97 Å². The minimum absolute atomic E-state index is 0.102. The fourth-order valence-corrected chi connectivity index (χ4v) is 2.77. The molecule has 0 unspecified atom stereocenters. The molecular weight excluding hydrogens is 387 g/mol. The van der Waals surface area contributed by atoms with E-state index < -0.39 is 11.8 Å². The van der Waals surface area contributed by atoms with Crippen molar-refractivity contribution in [2.45, 2.75) is 0 Å². The number of rotatable bonds is 6. The predicted molar refractivity (Wildman–Crippen MR) is 111 cm³/mol. The number of halogens is 1. The second-order valence-corrected chi connectivity index (χ2v) is 6.01. The van der Waals surface area contributed by atoms with Gasteiger partial charge in [0, 0.05) is 11.1 Å². The Morgan fingerprint density at radius 2 is 1.63 bits per heavy atom. The van der Waals surface area contributed by atoms with Crippen molar-refractivity contribution in [2.75, 3.05) is 13.7 Å². The maximum atomic E-state index is 14.1. The number of amidine groups is 1. The van der Waals surface area contributed by atoms with Crippen molar-refractivity contribution < 1.29 is 18.7 Å². The lowest BCUT2D eigenvalue weighted by Gasteiger charge is -2.14. The number of carbonyl (C=O) groups is 1. The standard InChI is InChI=1S/C22H19FN4O3/c1-29-21(28)14-30-20-13-7-4-9-16(20)15-8-2-3-10-17(15)22(26-27-24)25-19-12-6-5-11-18(19)23/h2-13H,14H2,1H3,(H2,24,25,26). The predicted octanol–water partition coefficient (Wildman–Crippen LogP) is 4.45. The summed E-state index contributed by atoms with van der Waals surface area (Å²) < 4.78 is 24.4. The Balaban J connectivity index is 2.10. The minimum Gasteiger partial charge on any atom is -0.481 e. The first-order valence-corrected chi connectivity index (χ1v) is 8.96. The highest BCUT2D eigenvalue weighted by atomic mass is 19.1. The number of aliphatic imine (C=N–C) groups is 1. The Kier molecular flexibility index (Phi) is 6.83. The Morgan fingerprint density at radius 3 is 2.37 bits per heavy atom. The summed E-state index contributed by atoms with van der Waals surface area (Å²) in [7, 11) is 1.29. The molecule has 0 fully saturated rings. The van der Waals surface area contributed by atoms with E-state index in [1.165, 1.54) is 19.2 Å². The van der Waals surface area contributed by atoms with Gasteiger partial charge in [-0.15, -0.1) is 5.11 Å². The number of para-hydroxylation sites is 2. The van der Waals surface area contributed by atoms with Gasteiger partial charge in [0.25, 0.3) is 0 Å². The Morgan fingerprint density at radius 1 is 0.967 bits per heavy atom. The molecule has 7 nitrogen and oxygen atoms in total. The van der Waals surface area contributed by atoms with Gasteiger partial charge in [0.2, 0.25) is 0 Å². The lowest BCUT2D eigenvalue weighted by Crippen LogP contribution is -2.13. The Labute approximate surface area is 172 Å². The van der Waals surface area contributed by atoms with Crippen LogP contribution in [0.5, 0.6) is 5.75 Å². The summed E-state index contributed by atoms with van der Waals surface area (Å²) in [4.78, 5) is 15.8. The SMILES string of the molecule is COC(=O)COc1ccccc1-c1ccccc1C(N=NN)=Nc1ccccc1F. The highest BCUT2D eigenvalue weighted by molar-refractivity contribution is 6.06. The van der Waals surface area contributed by atoms with Crippen LogP contribution in [0.4, 0.5) is 10.1 Å². The molecule has 0 aliphatic carbocycles. The molecule has 0 amide bonds. The molecular formula is C22H19FN4O3. The van der Waals surface area contributed by atoms with Gasteiger partial charge in [0.05, 0.1) is 7.11 Å². The molecule has 0 saturated heterocycles. The second kappa shape index (κ2) is 9.92. The number of nitrogens with zero attached hydrogens (tertiary/aromatic N) is 3. The summed E-state index contributed by atoms with van der Waals surface area (Å²) in [5, 5.41) is 7.25. The van der Waals surface area contributed by atoms with E-state index in [4.69, 9.17) is 10.6 Å². The van der Waals surface area contributed by atoms with Crippen LogP contribution in [0.2, 0.25) is 0 Å². The normalized spacial score (nSPS) is 11.5. The van der Waals surface area contributed by atoms with Crippen LogP contribution in [0.1, 0.15) is 5.56 Å².